The van der Waals surface area contributed by atoms with Crippen molar-refractivity contribution in [1.29, 1.82) is 0 Å². The van der Waals surface area contributed by atoms with E-state index in [2.05, 4.69) is 0 Å². The monoisotopic (exact) mass is 269 g/mol. The Balaban J connectivity index is 1.93. The lowest BCUT2D eigenvalue weighted by molar-refractivity contribution is -0.153. The number of hydrogen-bond acceptors (Lipinski definition) is 4. The van der Waals surface area contributed by atoms with Crippen LogP contribution in [-0.2, 0) is 19.1 Å². The summed E-state index contributed by atoms with van der Waals surface area (Å²) in [6, 6.07) is 0. The Morgan fingerprint density at radius 3 is 2.79 bits per heavy atom. The van der Waals surface area contributed by atoms with Gasteiger partial charge in [-0.2, -0.15) is 0 Å². The molecule has 2 aliphatic rings. The molecule has 0 spiro atoms. The zero-order valence-electron chi connectivity index (χ0n) is 11.8. The number of nitrogens with zero attached hydrogens (tertiary/aromatic N) is 1. The standard InChI is InChI=1S/C14H23NO4/c1-3-18-14(17)11-5-4-7-15(9-11)13(16)12-10(2)6-8-19-12/h10-12H,3-9H2,1-2H3/t10?,11-,12?/m1/s1. The summed E-state index contributed by atoms with van der Waals surface area (Å²) >= 11 is 0. The van der Waals surface area contributed by atoms with Crippen LogP contribution in [0.3, 0.4) is 0 Å². The molecule has 2 saturated heterocycles. The molecule has 0 saturated carbocycles. The smallest absolute Gasteiger partial charge is 0.310 e. The zero-order chi connectivity index (χ0) is 13.8. The van der Waals surface area contributed by atoms with Crippen LogP contribution in [0.5, 0.6) is 0 Å². The van der Waals surface area contributed by atoms with Gasteiger partial charge in [0.15, 0.2) is 0 Å². The average molecular weight is 269 g/mol. The number of ether oxygens (including phenoxy) is 2. The third-order valence-corrected chi connectivity index (χ3v) is 3.98. The van der Waals surface area contributed by atoms with Crippen molar-refractivity contribution in [3.63, 3.8) is 0 Å². The normalized spacial score (nSPS) is 31.3. The van der Waals surface area contributed by atoms with Gasteiger partial charge in [0.2, 0.25) is 0 Å². The van der Waals surface area contributed by atoms with Crippen LogP contribution in [0.2, 0.25) is 0 Å². The van der Waals surface area contributed by atoms with E-state index in [-0.39, 0.29) is 29.8 Å². The summed E-state index contributed by atoms with van der Waals surface area (Å²) in [5.41, 5.74) is 0. The Hall–Kier alpha value is -1.10. The summed E-state index contributed by atoms with van der Waals surface area (Å²) in [5, 5.41) is 0. The van der Waals surface area contributed by atoms with E-state index in [1.165, 1.54) is 0 Å². The minimum atomic E-state index is -0.319. The van der Waals surface area contributed by atoms with E-state index in [1.807, 2.05) is 6.92 Å². The highest BCUT2D eigenvalue weighted by Gasteiger charge is 2.37. The minimum Gasteiger partial charge on any atom is -0.466 e. The molecule has 5 nitrogen and oxygen atoms in total. The van der Waals surface area contributed by atoms with E-state index in [0.29, 0.717) is 19.8 Å². The molecule has 0 aromatic rings. The summed E-state index contributed by atoms with van der Waals surface area (Å²) < 4.78 is 10.6. The Bertz CT molecular complexity index is 344. The molecule has 0 aromatic heterocycles. The van der Waals surface area contributed by atoms with Crippen LogP contribution in [0, 0.1) is 11.8 Å². The first-order valence-corrected chi connectivity index (χ1v) is 7.20. The molecule has 19 heavy (non-hydrogen) atoms. The van der Waals surface area contributed by atoms with E-state index >= 15 is 0 Å². The minimum absolute atomic E-state index is 0.0407. The van der Waals surface area contributed by atoms with Crippen molar-refractivity contribution in [2.45, 2.75) is 39.2 Å². The summed E-state index contributed by atoms with van der Waals surface area (Å²) in [5.74, 6) is -0.0378. The van der Waals surface area contributed by atoms with Gasteiger partial charge in [-0.1, -0.05) is 6.92 Å². The van der Waals surface area contributed by atoms with Gasteiger partial charge in [0.25, 0.3) is 5.91 Å². The number of carbonyl (C=O) groups excluding carboxylic acids is 2. The molecule has 108 valence electrons. The largest absolute Gasteiger partial charge is 0.466 e. The maximum absolute atomic E-state index is 12.4. The van der Waals surface area contributed by atoms with Gasteiger partial charge in [-0.15, -0.1) is 0 Å². The number of piperidine rings is 1. The zero-order valence-corrected chi connectivity index (χ0v) is 11.8. The highest BCUT2D eigenvalue weighted by Crippen LogP contribution is 2.25. The van der Waals surface area contributed by atoms with Crippen LogP contribution in [0.25, 0.3) is 0 Å². The topological polar surface area (TPSA) is 55.8 Å². The molecule has 0 aromatic carbocycles. The van der Waals surface area contributed by atoms with E-state index in [4.69, 9.17) is 9.47 Å². The molecule has 0 N–H and O–H groups in total. The number of amides is 1. The number of carbonyl (C=O) groups is 2. The van der Waals surface area contributed by atoms with Gasteiger partial charge in [-0.25, -0.2) is 0 Å². The van der Waals surface area contributed by atoms with Crippen molar-refractivity contribution in [3.05, 3.63) is 0 Å². The second kappa shape index (κ2) is 6.37. The van der Waals surface area contributed by atoms with Gasteiger partial charge in [-0.05, 0) is 32.1 Å². The van der Waals surface area contributed by atoms with Crippen LogP contribution in [0.4, 0.5) is 0 Å². The molecule has 2 rings (SSSR count). The van der Waals surface area contributed by atoms with E-state index in [0.717, 1.165) is 25.8 Å². The predicted octanol–water partition coefficient (Wildman–Crippen LogP) is 1.21. The molecular weight excluding hydrogens is 246 g/mol. The third-order valence-electron chi connectivity index (χ3n) is 3.98. The maximum atomic E-state index is 12.4. The lowest BCUT2D eigenvalue weighted by Crippen LogP contribution is -2.47. The highest BCUT2D eigenvalue weighted by atomic mass is 16.5. The van der Waals surface area contributed by atoms with Crippen LogP contribution in [0.15, 0.2) is 0 Å². The summed E-state index contributed by atoms with van der Waals surface area (Å²) in [6.07, 6.45) is 2.28. The Labute approximate surface area is 114 Å². The molecule has 0 aliphatic carbocycles. The van der Waals surface area contributed by atoms with Crippen molar-refractivity contribution < 1.29 is 19.1 Å². The molecular formula is C14H23NO4. The number of hydrogen-bond donors (Lipinski definition) is 0. The first-order valence-electron chi connectivity index (χ1n) is 7.20. The molecule has 0 radical (unpaired) electrons. The molecule has 2 unspecified atom stereocenters. The predicted molar refractivity (Wildman–Crippen MR) is 69.5 cm³/mol. The molecule has 0 bridgehead atoms. The Morgan fingerprint density at radius 1 is 1.37 bits per heavy atom. The summed E-state index contributed by atoms with van der Waals surface area (Å²) in [4.78, 5) is 25.9. The Kier molecular flexibility index (Phi) is 4.80. The molecule has 5 heteroatoms. The van der Waals surface area contributed by atoms with Gasteiger partial charge in [0, 0.05) is 19.7 Å². The van der Waals surface area contributed by atoms with Crippen molar-refractivity contribution >= 4 is 11.9 Å². The maximum Gasteiger partial charge on any atom is 0.310 e. The van der Waals surface area contributed by atoms with E-state index < -0.39 is 0 Å². The van der Waals surface area contributed by atoms with Gasteiger partial charge in [-0.3, -0.25) is 9.59 Å². The van der Waals surface area contributed by atoms with Crippen LogP contribution < -0.4 is 0 Å². The number of likely N-dealkylation sites (tertiary alicyclic amines) is 1. The van der Waals surface area contributed by atoms with Crippen LogP contribution in [-0.4, -0.2) is 49.2 Å². The van der Waals surface area contributed by atoms with Crippen molar-refractivity contribution in [2.24, 2.45) is 11.8 Å². The molecule has 2 heterocycles. The first kappa shape index (κ1) is 14.3. The second-order valence-corrected chi connectivity index (χ2v) is 5.43. The van der Waals surface area contributed by atoms with Gasteiger partial charge < -0.3 is 14.4 Å². The average Bonchev–Trinajstić information content (AvgIpc) is 2.84. The fourth-order valence-electron chi connectivity index (χ4n) is 2.82. The highest BCUT2D eigenvalue weighted by molar-refractivity contribution is 5.82. The van der Waals surface area contributed by atoms with Gasteiger partial charge in [0.05, 0.1) is 12.5 Å². The first-order chi connectivity index (χ1) is 9.13. The van der Waals surface area contributed by atoms with Gasteiger partial charge in [0.1, 0.15) is 6.10 Å². The lowest BCUT2D eigenvalue weighted by atomic mass is 9.96. The third kappa shape index (κ3) is 3.26. The van der Waals surface area contributed by atoms with Crippen molar-refractivity contribution in [3.8, 4) is 0 Å². The number of rotatable bonds is 3. The SMILES string of the molecule is CCOC(=O)[C@@H]1CCCN(C(=O)C2OCCC2C)C1. The lowest BCUT2D eigenvalue weighted by Gasteiger charge is -2.33. The fraction of sp³-hybridized carbons (Fsp3) is 0.857. The second-order valence-electron chi connectivity index (χ2n) is 5.43. The van der Waals surface area contributed by atoms with Gasteiger partial charge >= 0.3 is 5.97 Å². The summed E-state index contributed by atoms with van der Waals surface area (Å²) in [7, 11) is 0. The molecule has 2 fully saturated rings. The van der Waals surface area contributed by atoms with Crippen LogP contribution >= 0.6 is 0 Å². The number of esters is 1. The summed E-state index contributed by atoms with van der Waals surface area (Å²) in [6.45, 7) is 6.10. The van der Waals surface area contributed by atoms with E-state index in [1.54, 1.807) is 11.8 Å². The van der Waals surface area contributed by atoms with Crippen molar-refractivity contribution in [1.82, 2.24) is 4.90 Å². The van der Waals surface area contributed by atoms with Crippen LogP contribution in [0.1, 0.15) is 33.1 Å². The Morgan fingerprint density at radius 2 is 2.16 bits per heavy atom. The van der Waals surface area contributed by atoms with E-state index in [9.17, 15) is 9.59 Å². The quantitative estimate of drug-likeness (QED) is 0.723. The molecule has 1 amide bonds. The molecule has 2 aliphatic heterocycles. The fourth-order valence-corrected chi connectivity index (χ4v) is 2.82. The van der Waals surface area contributed by atoms with Crippen molar-refractivity contribution in [2.75, 3.05) is 26.3 Å². The molecule has 3 atom stereocenters.